The van der Waals surface area contributed by atoms with Gasteiger partial charge in [-0.1, -0.05) is 18.2 Å². The first-order valence-corrected chi connectivity index (χ1v) is 6.23. The van der Waals surface area contributed by atoms with E-state index in [9.17, 15) is 4.79 Å². The van der Waals surface area contributed by atoms with Gasteiger partial charge in [0.1, 0.15) is 0 Å². The molecule has 1 aromatic carbocycles. The minimum Gasteiger partial charge on any atom is -0.381 e. The molecular formula is C14H17NO2. The number of hydrogen-bond donors (Lipinski definition) is 0. The first kappa shape index (κ1) is 10.8. The lowest BCUT2D eigenvalue weighted by atomic mass is 10.0. The molecule has 1 unspecified atom stereocenters. The van der Waals surface area contributed by atoms with Gasteiger partial charge in [0.15, 0.2) is 0 Å². The fourth-order valence-corrected chi connectivity index (χ4v) is 2.69. The summed E-state index contributed by atoms with van der Waals surface area (Å²) in [6.45, 7) is 3.61. The SMILES string of the molecule is CC1Cc2ccccc2N1C(=O)CC1COC1. The molecule has 3 rings (SSSR count). The van der Waals surface area contributed by atoms with E-state index in [0.29, 0.717) is 18.4 Å². The van der Waals surface area contributed by atoms with Crippen molar-refractivity contribution in [3.63, 3.8) is 0 Å². The van der Waals surface area contributed by atoms with Crippen molar-refractivity contribution in [3.05, 3.63) is 29.8 Å². The number of carbonyl (C=O) groups excluding carboxylic acids is 1. The van der Waals surface area contributed by atoms with Crippen molar-refractivity contribution >= 4 is 11.6 Å². The monoisotopic (exact) mass is 231 g/mol. The standard InChI is InChI=1S/C14H17NO2/c1-10-6-12-4-2-3-5-13(12)15(10)14(16)7-11-8-17-9-11/h2-5,10-11H,6-9H2,1H3. The van der Waals surface area contributed by atoms with Gasteiger partial charge in [-0.3, -0.25) is 4.79 Å². The Morgan fingerprint density at radius 1 is 1.41 bits per heavy atom. The second-order valence-electron chi connectivity index (χ2n) is 5.05. The molecule has 3 nitrogen and oxygen atoms in total. The first-order chi connectivity index (χ1) is 8.25. The fourth-order valence-electron chi connectivity index (χ4n) is 2.69. The second kappa shape index (κ2) is 4.15. The van der Waals surface area contributed by atoms with E-state index in [0.717, 1.165) is 25.3 Å². The van der Waals surface area contributed by atoms with E-state index in [1.807, 2.05) is 23.1 Å². The van der Waals surface area contributed by atoms with Crippen LogP contribution in [0.2, 0.25) is 0 Å². The molecule has 0 N–H and O–H groups in total. The van der Waals surface area contributed by atoms with E-state index in [-0.39, 0.29) is 5.91 Å². The highest BCUT2D eigenvalue weighted by molar-refractivity contribution is 5.96. The lowest BCUT2D eigenvalue weighted by Crippen LogP contribution is -2.40. The van der Waals surface area contributed by atoms with Crippen LogP contribution < -0.4 is 4.90 Å². The zero-order valence-corrected chi connectivity index (χ0v) is 10.1. The summed E-state index contributed by atoms with van der Waals surface area (Å²) in [5.74, 6) is 0.679. The molecule has 3 heteroatoms. The molecule has 1 amide bonds. The number of nitrogens with zero attached hydrogens (tertiary/aromatic N) is 1. The predicted octanol–water partition coefficient (Wildman–Crippen LogP) is 2.00. The quantitative estimate of drug-likeness (QED) is 0.779. The third kappa shape index (κ3) is 1.84. The normalized spacial score (nSPS) is 23.4. The van der Waals surface area contributed by atoms with Crippen LogP contribution in [-0.4, -0.2) is 25.2 Å². The Bertz CT molecular complexity index is 440. The summed E-state index contributed by atoms with van der Waals surface area (Å²) in [6, 6.07) is 8.50. The smallest absolute Gasteiger partial charge is 0.227 e. The van der Waals surface area contributed by atoms with Gasteiger partial charge in [0, 0.05) is 24.1 Å². The van der Waals surface area contributed by atoms with Crippen molar-refractivity contribution in [1.82, 2.24) is 0 Å². The number of hydrogen-bond acceptors (Lipinski definition) is 2. The second-order valence-corrected chi connectivity index (χ2v) is 5.05. The molecule has 1 fully saturated rings. The number of fused-ring (bicyclic) bond motifs is 1. The third-order valence-electron chi connectivity index (χ3n) is 3.65. The van der Waals surface area contributed by atoms with Crippen molar-refractivity contribution in [2.24, 2.45) is 5.92 Å². The number of rotatable bonds is 2. The number of amides is 1. The van der Waals surface area contributed by atoms with Crippen molar-refractivity contribution in [1.29, 1.82) is 0 Å². The minimum absolute atomic E-state index is 0.246. The summed E-state index contributed by atoms with van der Waals surface area (Å²) in [6.07, 6.45) is 1.60. The molecule has 1 aromatic rings. The van der Waals surface area contributed by atoms with Crippen LogP contribution in [0.1, 0.15) is 18.9 Å². The molecule has 2 aliphatic rings. The molecule has 0 bridgehead atoms. The van der Waals surface area contributed by atoms with Gasteiger partial charge in [-0.05, 0) is 25.0 Å². The molecule has 2 aliphatic heterocycles. The molecule has 0 aliphatic carbocycles. The highest BCUT2D eigenvalue weighted by Crippen LogP contribution is 2.33. The topological polar surface area (TPSA) is 29.5 Å². The van der Waals surface area contributed by atoms with Crippen LogP contribution in [0.3, 0.4) is 0 Å². The molecule has 90 valence electrons. The van der Waals surface area contributed by atoms with E-state index in [1.165, 1.54) is 5.56 Å². The molecule has 0 aromatic heterocycles. The molecular weight excluding hydrogens is 214 g/mol. The van der Waals surface area contributed by atoms with Crippen molar-refractivity contribution in [2.75, 3.05) is 18.1 Å². The van der Waals surface area contributed by atoms with Gasteiger partial charge in [-0.25, -0.2) is 0 Å². The number of anilines is 1. The lowest BCUT2D eigenvalue weighted by molar-refractivity contribution is -0.124. The van der Waals surface area contributed by atoms with Crippen molar-refractivity contribution in [2.45, 2.75) is 25.8 Å². The van der Waals surface area contributed by atoms with E-state index in [1.54, 1.807) is 0 Å². The average molecular weight is 231 g/mol. The van der Waals surface area contributed by atoms with E-state index < -0.39 is 0 Å². The van der Waals surface area contributed by atoms with E-state index >= 15 is 0 Å². The summed E-state index contributed by atoms with van der Waals surface area (Å²) in [5.41, 5.74) is 2.39. The summed E-state index contributed by atoms with van der Waals surface area (Å²) in [4.78, 5) is 14.3. The van der Waals surface area contributed by atoms with E-state index in [4.69, 9.17) is 4.74 Å². The Morgan fingerprint density at radius 2 is 2.18 bits per heavy atom. The van der Waals surface area contributed by atoms with Gasteiger partial charge in [0.25, 0.3) is 0 Å². The Balaban J connectivity index is 1.79. The highest BCUT2D eigenvalue weighted by Gasteiger charge is 2.32. The Hall–Kier alpha value is -1.35. The number of benzene rings is 1. The van der Waals surface area contributed by atoms with Gasteiger partial charge in [-0.15, -0.1) is 0 Å². The van der Waals surface area contributed by atoms with Gasteiger partial charge >= 0.3 is 0 Å². The molecule has 17 heavy (non-hydrogen) atoms. The van der Waals surface area contributed by atoms with Crippen LogP contribution in [-0.2, 0) is 16.0 Å². The molecule has 1 atom stereocenters. The number of carbonyl (C=O) groups is 1. The molecule has 0 spiro atoms. The molecule has 0 radical (unpaired) electrons. The number of para-hydroxylation sites is 1. The largest absolute Gasteiger partial charge is 0.381 e. The lowest BCUT2D eigenvalue weighted by Gasteiger charge is -2.29. The van der Waals surface area contributed by atoms with Gasteiger partial charge in [0.05, 0.1) is 13.2 Å². The maximum absolute atomic E-state index is 12.3. The zero-order valence-electron chi connectivity index (χ0n) is 10.1. The predicted molar refractivity (Wildman–Crippen MR) is 66.0 cm³/mol. The van der Waals surface area contributed by atoms with Crippen LogP contribution >= 0.6 is 0 Å². The number of ether oxygens (including phenoxy) is 1. The summed E-state index contributed by atoms with van der Waals surface area (Å²) in [5, 5.41) is 0. The van der Waals surface area contributed by atoms with Crippen molar-refractivity contribution in [3.8, 4) is 0 Å². The highest BCUT2D eigenvalue weighted by atomic mass is 16.5. The van der Waals surface area contributed by atoms with Gasteiger partial charge in [0.2, 0.25) is 5.91 Å². The minimum atomic E-state index is 0.246. The third-order valence-corrected chi connectivity index (χ3v) is 3.65. The van der Waals surface area contributed by atoms with Crippen molar-refractivity contribution < 1.29 is 9.53 Å². The zero-order chi connectivity index (χ0) is 11.8. The average Bonchev–Trinajstić information content (AvgIpc) is 2.59. The summed E-state index contributed by atoms with van der Waals surface area (Å²) in [7, 11) is 0. The maximum atomic E-state index is 12.3. The van der Waals surface area contributed by atoms with Crippen LogP contribution in [0.5, 0.6) is 0 Å². The fraction of sp³-hybridized carbons (Fsp3) is 0.500. The van der Waals surface area contributed by atoms with Crippen LogP contribution in [0.15, 0.2) is 24.3 Å². The summed E-state index contributed by atoms with van der Waals surface area (Å²) >= 11 is 0. The first-order valence-electron chi connectivity index (χ1n) is 6.23. The van der Waals surface area contributed by atoms with Gasteiger partial charge < -0.3 is 9.64 Å². The van der Waals surface area contributed by atoms with Crippen LogP contribution in [0.4, 0.5) is 5.69 Å². The van der Waals surface area contributed by atoms with Crippen LogP contribution in [0, 0.1) is 5.92 Å². The Labute approximate surface area is 101 Å². The molecule has 2 heterocycles. The summed E-state index contributed by atoms with van der Waals surface area (Å²) < 4.78 is 5.12. The molecule has 1 saturated heterocycles. The Morgan fingerprint density at radius 3 is 2.88 bits per heavy atom. The maximum Gasteiger partial charge on any atom is 0.227 e. The van der Waals surface area contributed by atoms with Crippen LogP contribution in [0.25, 0.3) is 0 Å². The van der Waals surface area contributed by atoms with Gasteiger partial charge in [-0.2, -0.15) is 0 Å². The molecule has 0 saturated carbocycles. The van der Waals surface area contributed by atoms with E-state index in [2.05, 4.69) is 13.0 Å². The Kier molecular flexibility index (Phi) is 2.63.